The third-order valence-electron chi connectivity index (χ3n) is 6.57. The quantitative estimate of drug-likeness (QED) is 0.412. The van der Waals surface area contributed by atoms with Gasteiger partial charge in [-0.25, -0.2) is 0 Å². The normalized spacial score (nSPS) is 17.9. The number of hydrogen-bond donors (Lipinski definition) is 1. The van der Waals surface area contributed by atoms with Gasteiger partial charge in [-0.15, -0.1) is 0 Å². The van der Waals surface area contributed by atoms with Gasteiger partial charge in [0.2, 0.25) is 0 Å². The van der Waals surface area contributed by atoms with E-state index >= 15 is 0 Å². The zero-order valence-electron chi connectivity index (χ0n) is 19.1. The van der Waals surface area contributed by atoms with Crippen LogP contribution in [0, 0.1) is 20.8 Å². The second kappa shape index (κ2) is 8.79. The van der Waals surface area contributed by atoms with Crippen LogP contribution in [0.4, 0.5) is 0 Å². The lowest BCUT2D eigenvalue weighted by molar-refractivity contribution is 0.306. The van der Waals surface area contributed by atoms with Crippen LogP contribution < -0.4 is 5.32 Å². The van der Waals surface area contributed by atoms with Crippen LogP contribution in [-0.2, 0) is 6.54 Å². The van der Waals surface area contributed by atoms with Gasteiger partial charge in [0.05, 0.1) is 30.0 Å². The van der Waals surface area contributed by atoms with Crippen molar-refractivity contribution in [3.63, 3.8) is 0 Å². The van der Waals surface area contributed by atoms with Gasteiger partial charge in [0.1, 0.15) is 0 Å². The molecule has 1 N–H and O–H groups in total. The molecule has 1 aliphatic rings. The molecule has 1 saturated heterocycles. The molecule has 0 radical (unpaired) electrons. The molecule has 0 aliphatic carbocycles. The van der Waals surface area contributed by atoms with Crippen molar-refractivity contribution >= 4 is 17.3 Å². The highest BCUT2D eigenvalue weighted by atomic mass is 32.1. The highest BCUT2D eigenvalue weighted by molar-refractivity contribution is 7.80. The van der Waals surface area contributed by atoms with Crippen molar-refractivity contribution in [1.82, 2.24) is 24.8 Å². The molecule has 1 aromatic carbocycles. The maximum atomic E-state index is 5.87. The first-order chi connectivity index (χ1) is 16.1. The zero-order chi connectivity index (χ0) is 22.9. The topological polar surface area (TPSA) is 46.0 Å². The number of thiocarbonyl (C=S) groups is 1. The van der Waals surface area contributed by atoms with Crippen LogP contribution in [0.1, 0.15) is 46.0 Å². The first kappa shape index (κ1) is 21.3. The first-order valence-corrected chi connectivity index (χ1v) is 11.6. The van der Waals surface area contributed by atoms with Gasteiger partial charge >= 0.3 is 0 Å². The van der Waals surface area contributed by atoms with Gasteiger partial charge in [-0.05, 0) is 75.0 Å². The molecule has 0 bridgehead atoms. The fraction of sp³-hybridized carbons (Fsp3) is 0.222. The highest BCUT2D eigenvalue weighted by Crippen LogP contribution is 2.43. The Labute approximate surface area is 200 Å². The average molecular weight is 454 g/mol. The summed E-state index contributed by atoms with van der Waals surface area (Å²) < 4.78 is 2.35. The zero-order valence-corrected chi connectivity index (χ0v) is 19.9. The molecule has 2 atom stereocenters. The largest absolute Gasteiger partial charge is 0.352 e. The summed E-state index contributed by atoms with van der Waals surface area (Å²) in [6.45, 7) is 7.25. The van der Waals surface area contributed by atoms with Crippen molar-refractivity contribution in [1.29, 1.82) is 0 Å². The standard InChI is InChI=1S/C27H27N5S/c1-18-19(2)32(22-12-5-4-6-13-22)20(3)24(18)26-25(23-14-8-10-16-29-23)30-27(33)31(26)17-21-11-7-9-15-28-21/h4-16,25-26H,17H2,1-3H3,(H,30,33). The third kappa shape index (κ3) is 3.80. The highest BCUT2D eigenvalue weighted by Gasteiger charge is 2.42. The number of pyridine rings is 2. The number of para-hydroxylation sites is 1. The minimum atomic E-state index is -0.0502. The Morgan fingerprint density at radius 1 is 0.848 bits per heavy atom. The third-order valence-corrected chi connectivity index (χ3v) is 6.93. The van der Waals surface area contributed by atoms with Gasteiger partial charge in [-0.1, -0.05) is 30.3 Å². The van der Waals surface area contributed by atoms with Gasteiger partial charge in [0.25, 0.3) is 0 Å². The Morgan fingerprint density at radius 2 is 1.55 bits per heavy atom. The Morgan fingerprint density at radius 3 is 2.21 bits per heavy atom. The first-order valence-electron chi connectivity index (χ1n) is 11.2. The van der Waals surface area contributed by atoms with Gasteiger partial charge < -0.3 is 14.8 Å². The molecule has 5 rings (SSSR count). The number of nitrogens with zero attached hydrogens (tertiary/aromatic N) is 4. The Kier molecular flexibility index (Phi) is 5.68. The summed E-state index contributed by atoms with van der Waals surface area (Å²) in [4.78, 5) is 11.5. The molecule has 0 amide bonds. The SMILES string of the molecule is Cc1c(C2C(c3ccccn3)NC(=S)N2Cc2ccccn2)c(C)n(-c2ccccc2)c1C. The monoisotopic (exact) mass is 453 g/mol. The van der Waals surface area contributed by atoms with Gasteiger partial charge in [-0.3, -0.25) is 9.97 Å². The van der Waals surface area contributed by atoms with Gasteiger partial charge in [0.15, 0.2) is 5.11 Å². The summed E-state index contributed by atoms with van der Waals surface area (Å²) in [6, 6.07) is 22.5. The molecular formula is C27H27N5S. The minimum Gasteiger partial charge on any atom is -0.352 e. The number of hydrogen-bond acceptors (Lipinski definition) is 3. The van der Waals surface area contributed by atoms with E-state index in [1.165, 1.54) is 28.2 Å². The second-order valence-electron chi connectivity index (χ2n) is 8.46. The maximum Gasteiger partial charge on any atom is 0.170 e. The smallest absolute Gasteiger partial charge is 0.170 e. The van der Waals surface area contributed by atoms with Crippen molar-refractivity contribution in [2.75, 3.05) is 0 Å². The molecule has 1 aliphatic heterocycles. The molecule has 1 fully saturated rings. The molecule has 0 saturated carbocycles. The molecule has 4 heterocycles. The van der Waals surface area contributed by atoms with E-state index in [1.54, 1.807) is 0 Å². The summed E-state index contributed by atoms with van der Waals surface area (Å²) in [6.07, 6.45) is 3.68. The van der Waals surface area contributed by atoms with Crippen LogP contribution in [0.15, 0.2) is 79.1 Å². The average Bonchev–Trinajstić information content (AvgIpc) is 3.27. The molecule has 166 valence electrons. The van der Waals surface area contributed by atoms with Crippen LogP contribution in [-0.4, -0.2) is 24.5 Å². The Bertz CT molecular complexity index is 1270. The van der Waals surface area contributed by atoms with E-state index in [-0.39, 0.29) is 12.1 Å². The van der Waals surface area contributed by atoms with E-state index < -0.39 is 0 Å². The van der Waals surface area contributed by atoms with Crippen LogP contribution in [0.3, 0.4) is 0 Å². The van der Waals surface area contributed by atoms with Gasteiger partial charge in [0, 0.05) is 35.0 Å². The van der Waals surface area contributed by atoms with Crippen LogP contribution in [0.5, 0.6) is 0 Å². The maximum absolute atomic E-state index is 5.87. The molecule has 4 aromatic rings. The number of benzene rings is 1. The second-order valence-corrected chi connectivity index (χ2v) is 8.84. The van der Waals surface area contributed by atoms with E-state index in [0.717, 1.165) is 16.5 Å². The fourth-order valence-electron chi connectivity index (χ4n) is 4.96. The molecule has 33 heavy (non-hydrogen) atoms. The number of nitrogens with one attached hydrogen (secondary N) is 1. The van der Waals surface area contributed by atoms with E-state index in [9.17, 15) is 0 Å². The van der Waals surface area contributed by atoms with Crippen molar-refractivity contribution in [3.05, 3.63) is 113 Å². The molecule has 0 spiro atoms. The van der Waals surface area contributed by atoms with E-state index in [1.807, 2.05) is 42.7 Å². The lowest BCUT2D eigenvalue weighted by atomic mass is 9.93. The van der Waals surface area contributed by atoms with Crippen molar-refractivity contribution < 1.29 is 0 Å². The van der Waals surface area contributed by atoms with Crippen LogP contribution >= 0.6 is 12.2 Å². The summed E-state index contributed by atoms with van der Waals surface area (Å²) in [5.74, 6) is 0. The van der Waals surface area contributed by atoms with E-state index in [4.69, 9.17) is 12.2 Å². The molecule has 5 nitrogen and oxygen atoms in total. The summed E-state index contributed by atoms with van der Waals surface area (Å²) in [5.41, 5.74) is 8.17. The Balaban J connectivity index is 1.67. The summed E-state index contributed by atoms with van der Waals surface area (Å²) >= 11 is 5.87. The lowest BCUT2D eigenvalue weighted by Crippen LogP contribution is -2.30. The predicted molar refractivity (Wildman–Crippen MR) is 135 cm³/mol. The Hall–Kier alpha value is -3.51. The van der Waals surface area contributed by atoms with E-state index in [0.29, 0.717) is 6.54 Å². The molecular weight excluding hydrogens is 426 g/mol. The lowest BCUT2D eigenvalue weighted by Gasteiger charge is -2.28. The predicted octanol–water partition coefficient (Wildman–Crippen LogP) is 5.37. The van der Waals surface area contributed by atoms with Crippen LogP contribution in [0.25, 0.3) is 5.69 Å². The van der Waals surface area contributed by atoms with Gasteiger partial charge in [-0.2, -0.15) is 0 Å². The van der Waals surface area contributed by atoms with E-state index in [2.05, 4.69) is 81.9 Å². The van der Waals surface area contributed by atoms with Crippen molar-refractivity contribution in [3.8, 4) is 5.69 Å². The molecule has 3 aromatic heterocycles. The number of aromatic nitrogens is 3. The van der Waals surface area contributed by atoms with Crippen LogP contribution in [0.2, 0.25) is 0 Å². The molecule has 6 heteroatoms. The summed E-state index contributed by atoms with van der Waals surface area (Å²) in [5, 5.41) is 4.30. The van der Waals surface area contributed by atoms with Crippen molar-refractivity contribution in [2.45, 2.75) is 39.4 Å². The van der Waals surface area contributed by atoms with Crippen molar-refractivity contribution in [2.24, 2.45) is 0 Å². The minimum absolute atomic E-state index is 0.00179. The molecule has 2 unspecified atom stereocenters. The fourth-order valence-corrected chi connectivity index (χ4v) is 5.27. The number of rotatable bonds is 5. The summed E-state index contributed by atoms with van der Waals surface area (Å²) in [7, 11) is 0.